The highest BCUT2D eigenvalue weighted by molar-refractivity contribution is 7.11. The van der Waals surface area contributed by atoms with Crippen LogP contribution < -0.4 is 0 Å². The molecular weight excluding hydrogens is 282 g/mol. The lowest BCUT2D eigenvalue weighted by molar-refractivity contribution is 0.0678. The molecule has 0 N–H and O–H groups in total. The summed E-state index contributed by atoms with van der Waals surface area (Å²) < 4.78 is 0. The molecule has 4 nitrogen and oxygen atoms in total. The topological polar surface area (TPSA) is 46.1 Å². The number of thiazole rings is 1. The number of rotatable bonds is 3. The minimum atomic E-state index is 0.129. The SMILES string of the molecule is Cc1ccc(C[C@@H]2CCCN(C(=O)c3cncs3)C2)cn1. The van der Waals surface area contributed by atoms with Gasteiger partial charge in [0.15, 0.2) is 0 Å². The largest absolute Gasteiger partial charge is 0.338 e. The number of likely N-dealkylation sites (tertiary alicyclic amines) is 1. The van der Waals surface area contributed by atoms with Gasteiger partial charge in [0.1, 0.15) is 4.88 Å². The van der Waals surface area contributed by atoms with Gasteiger partial charge in [-0.2, -0.15) is 0 Å². The minimum absolute atomic E-state index is 0.129. The van der Waals surface area contributed by atoms with E-state index in [9.17, 15) is 4.79 Å². The molecule has 21 heavy (non-hydrogen) atoms. The standard InChI is InChI=1S/C16H19N3OS/c1-12-4-5-13(8-18-12)7-14-3-2-6-19(10-14)16(20)15-9-17-11-21-15/h4-5,8-9,11,14H,2-3,6-7,10H2,1H3/t14-/m0/s1. The van der Waals surface area contributed by atoms with Crippen molar-refractivity contribution in [3.63, 3.8) is 0 Å². The van der Waals surface area contributed by atoms with E-state index in [1.54, 1.807) is 11.7 Å². The first-order valence-corrected chi connectivity index (χ1v) is 8.19. The molecule has 0 bridgehead atoms. The Labute approximate surface area is 128 Å². The molecule has 2 aromatic heterocycles. The summed E-state index contributed by atoms with van der Waals surface area (Å²) in [5.41, 5.74) is 4.02. The van der Waals surface area contributed by atoms with Crippen LogP contribution in [0.1, 0.15) is 33.8 Å². The van der Waals surface area contributed by atoms with Crippen LogP contribution >= 0.6 is 11.3 Å². The quantitative estimate of drug-likeness (QED) is 0.875. The first kappa shape index (κ1) is 14.2. The van der Waals surface area contributed by atoms with Crippen molar-refractivity contribution in [3.8, 4) is 0 Å². The van der Waals surface area contributed by atoms with E-state index in [4.69, 9.17) is 0 Å². The first-order chi connectivity index (χ1) is 10.2. The number of nitrogens with zero attached hydrogens (tertiary/aromatic N) is 3. The van der Waals surface area contributed by atoms with E-state index in [2.05, 4.69) is 22.1 Å². The van der Waals surface area contributed by atoms with E-state index in [1.165, 1.54) is 23.3 Å². The summed E-state index contributed by atoms with van der Waals surface area (Å²) in [5.74, 6) is 0.657. The third-order valence-corrected chi connectivity index (χ3v) is 4.71. The molecule has 0 saturated carbocycles. The van der Waals surface area contributed by atoms with Crippen molar-refractivity contribution in [2.75, 3.05) is 13.1 Å². The maximum absolute atomic E-state index is 12.4. The first-order valence-electron chi connectivity index (χ1n) is 7.31. The number of amides is 1. The maximum atomic E-state index is 12.4. The van der Waals surface area contributed by atoms with Crippen LogP contribution in [0.25, 0.3) is 0 Å². The molecule has 110 valence electrons. The lowest BCUT2D eigenvalue weighted by Gasteiger charge is -2.32. The molecule has 5 heteroatoms. The van der Waals surface area contributed by atoms with Crippen molar-refractivity contribution in [2.24, 2.45) is 5.92 Å². The van der Waals surface area contributed by atoms with Crippen LogP contribution in [0.3, 0.4) is 0 Å². The molecule has 1 aliphatic rings. The fourth-order valence-electron chi connectivity index (χ4n) is 2.85. The highest BCUT2D eigenvalue weighted by Crippen LogP contribution is 2.22. The lowest BCUT2D eigenvalue weighted by Crippen LogP contribution is -2.40. The molecule has 1 aliphatic heterocycles. The van der Waals surface area contributed by atoms with E-state index < -0.39 is 0 Å². The van der Waals surface area contributed by atoms with Gasteiger partial charge in [0.2, 0.25) is 0 Å². The van der Waals surface area contributed by atoms with Gasteiger partial charge in [-0.25, -0.2) is 0 Å². The van der Waals surface area contributed by atoms with Gasteiger partial charge in [0, 0.05) is 25.0 Å². The number of carbonyl (C=O) groups is 1. The number of pyridine rings is 1. The zero-order valence-corrected chi connectivity index (χ0v) is 13.0. The highest BCUT2D eigenvalue weighted by Gasteiger charge is 2.25. The molecule has 1 saturated heterocycles. The van der Waals surface area contributed by atoms with Gasteiger partial charge >= 0.3 is 0 Å². The molecule has 0 radical (unpaired) electrons. The summed E-state index contributed by atoms with van der Waals surface area (Å²) in [7, 11) is 0. The normalized spacial score (nSPS) is 18.7. The van der Waals surface area contributed by atoms with E-state index >= 15 is 0 Å². The number of aryl methyl sites for hydroxylation is 1. The molecule has 0 unspecified atom stereocenters. The van der Waals surface area contributed by atoms with Crippen LogP contribution in [0.2, 0.25) is 0 Å². The number of piperidine rings is 1. The van der Waals surface area contributed by atoms with Crippen molar-refractivity contribution < 1.29 is 4.79 Å². The van der Waals surface area contributed by atoms with Crippen LogP contribution in [0.4, 0.5) is 0 Å². The zero-order chi connectivity index (χ0) is 14.7. The molecule has 0 spiro atoms. The van der Waals surface area contributed by atoms with Crippen LogP contribution in [0, 0.1) is 12.8 Å². The van der Waals surface area contributed by atoms with Gasteiger partial charge in [0.05, 0.1) is 11.7 Å². The lowest BCUT2D eigenvalue weighted by atomic mass is 9.91. The summed E-state index contributed by atoms with van der Waals surface area (Å²) in [6.07, 6.45) is 6.88. The van der Waals surface area contributed by atoms with Gasteiger partial charge in [-0.1, -0.05) is 6.07 Å². The molecule has 3 heterocycles. The monoisotopic (exact) mass is 301 g/mol. The molecule has 2 aromatic rings. The van der Waals surface area contributed by atoms with Crippen LogP contribution in [0.5, 0.6) is 0 Å². The van der Waals surface area contributed by atoms with Crippen molar-refractivity contribution in [1.29, 1.82) is 0 Å². The molecule has 0 aliphatic carbocycles. The Morgan fingerprint density at radius 2 is 2.33 bits per heavy atom. The average Bonchev–Trinajstić information content (AvgIpc) is 3.03. The Balaban J connectivity index is 1.63. The van der Waals surface area contributed by atoms with Gasteiger partial charge < -0.3 is 4.90 Å². The Morgan fingerprint density at radius 1 is 1.43 bits per heavy atom. The summed E-state index contributed by atoms with van der Waals surface area (Å²) in [5, 5.41) is 0. The van der Waals surface area contributed by atoms with Crippen molar-refractivity contribution in [1.82, 2.24) is 14.9 Å². The number of hydrogen-bond acceptors (Lipinski definition) is 4. The second-order valence-electron chi connectivity index (χ2n) is 5.64. The maximum Gasteiger partial charge on any atom is 0.265 e. The van der Waals surface area contributed by atoms with Crippen LogP contribution in [-0.2, 0) is 6.42 Å². The average molecular weight is 301 g/mol. The predicted molar refractivity (Wildman–Crippen MR) is 83.4 cm³/mol. The summed E-state index contributed by atoms with van der Waals surface area (Å²) >= 11 is 1.42. The predicted octanol–water partition coefficient (Wildman–Crippen LogP) is 2.94. The van der Waals surface area contributed by atoms with Crippen molar-refractivity contribution in [3.05, 3.63) is 46.2 Å². The number of hydrogen-bond donors (Lipinski definition) is 0. The highest BCUT2D eigenvalue weighted by atomic mass is 32.1. The Bertz CT molecular complexity index is 594. The van der Waals surface area contributed by atoms with Gasteiger partial charge in [-0.3, -0.25) is 14.8 Å². The molecule has 1 atom stereocenters. The molecule has 1 amide bonds. The summed E-state index contributed by atoms with van der Waals surface area (Å²) in [4.78, 5) is 23.5. The van der Waals surface area contributed by atoms with E-state index in [1.807, 2.05) is 18.0 Å². The van der Waals surface area contributed by atoms with E-state index in [-0.39, 0.29) is 5.91 Å². The zero-order valence-electron chi connectivity index (χ0n) is 12.2. The third kappa shape index (κ3) is 3.47. The minimum Gasteiger partial charge on any atom is -0.338 e. The second kappa shape index (κ2) is 6.35. The Hall–Kier alpha value is -1.75. The van der Waals surface area contributed by atoms with Crippen molar-refractivity contribution in [2.45, 2.75) is 26.2 Å². The summed E-state index contributed by atoms with van der Waals surface area (Å²) in [6, 6.07) is 4.20. The van der Waals surface area contributed by atoms with E-state index in [0.717, 1.165) is 36.5 Å². The number of carbonyl (C=O) groups excluding carboxylic acids is 1. The summed E-state index contributed by atoms with van der Waals surface area (Å²) in [6.45, 7) is 3.70. The molecule has 1 fully saturated rings. The van der Waals surface area contributed by atoms with Crippen LogP contribution in [0.15, 0.2) is 30.0 Å². The second-order valence-corrected chi connectivity index (χ2v) is 6.52. The van der Waals surface area contributed by atoms with Crippen LogP contribution in [-0.4, -0.2) is 33.9 Å². The van der Waals surface area contributed by atoms with Crippen molar-refractivity contribution >= 4 is 17.2 Å². The molecular formula is C16H19N3OS. The van der Waals surface area contributed by atoms with E-state index in [0.29, 0.717) is 5.92 Å². The molecule has 0 aromatic carbocycles. The Kier molecular flexibility index (Phi) is 4.29. The third-order valence-electron chi connectivity index (χ3n) is 3.95. The Morgan fingerprint density at radius 3 is 3.05 bits per heavy atom. The fraction of sp³-hybridized carbons (Fsp3) is 0.438. The van der Waals surface area contributed by atoms with Gasteiger partial charge in [-0.15, -0.1) is 11.3 Å². The van der Waals surface area contributed by atoms with Gasteiger partial charge in [0.25, 0.3) is 5.91 Å². The fourth-order valence-corrected chi connectivity index (χ4v) is 3.43. The molecule has 3 rings (SSSR count). The smallest absolute Gasteiger partial charge is 0.265 e. The number of aromatic nitrogens is 2. The van der Waals surface area contributed by atoms with Gasteiger partial charge in [-0.05, 0) is 43.7 Å².